The SMILES string of the molecule is Cc1cc(C)c(-c2cc3c4c(c2)N(c2cc5c(cc2C)C(C)(C)CCC5(C)C)c2c(ccc5c2-c2ccccc2C5(C)C)B4N(c2ccc4c(c2)C(C)(C)CCC4(C)C)c2cc4c(cc2-3)C(C)(C)CCC4(C)C)c(C)c1. The molecule has 0 atom stereocenters. The van der Waals surface area contributed by atoms with Gasteiger partial charge in [0, 0.05) is 39.3 Å². The van der Waals surface area contributed by atoms with Crippen molar-refractivity contribution >= 4 is 46.2 Å². The largest absolute Gasteiger partial charge is 0.376 e. The van der Waals surface area contributed by atoms with E-state index >= 15 is 0 Å². The lowest BCUT2D eigenvalue weighted by Crippen LogP contribution is -2.62. The molecular formula is C73H83BN2. The van der Waals surface area contributed by atoms with Crippen LogP contribution in [0.15, 0.2) is 103 Å². The molecule has 6 aliphatic rings. The highest BCUT2D eigenvalue weighted by Crippen LogP contribution is 2.60. The van der Waals surface area contributed by atoms with Gasteiger partial charge in [-0.1, -0.05) is 163 Å². The number of rotatable bonds is 3. The van der Waals surface area contributed by atoms with E-state index in [1.807, 2.05) is 0 Å². The molecule has 0 spiro atoms. The second-order valence-electron chi connectivity index (χ2n) is 29.6. The second kappa shape index (κ2) is 15.7. The third-order valence-electron chi connectivity index (χ3n) is 21.2. The van der Waals surface area contributed by atoms with Gasteiger partial charge in [0.2, 0.25) is 0 Å². The number of anilines is 5. The number of benzene rings is 7. The Morgan fingerprint density at radius 1 is 0.382 bits per heavy atom. The van der Waals surface area contributed by atoms with Gasteiger partial charge in [-0.25, -0.2) is 0 Å². The molecule has 0 saturated heterocycles. The summed E-state index contributed by atoms with van der Waals surface area (Å²) in [6.45, 7) is 44.1. The van der Waals surface area contributed by atoms with Crippen LogP contribution in [0.2, 0.25) is 0 Å². The molecule has 7 aromatic carbocycles. The zero-order chi connectivity index (χ0) is 53.9. The van der Waals surface area contributed by atoms with Crippen molar-refractivity contribution in [1.82, 2.24) is 0 Å². The Morgan fingerprint density at radius 3 is 1.50 bits per heavy atom. The van der Waals surface area contributed by atoms with Crippen LogP contribution in [-0.4, -0.2) is 6.85 Å². The van der Waals surface area contributed by atoms with Gasteiger partial charge in [0.05, 0.1) is 5.69 Å². The molecule has 0 unspecified atom stereocenters. The maximum atomic E-state index is 2.86. The van der Waals surface area contributed by atoms with Crippen molar-refractivity contribution in [3.8, 4) is 33.4 Å². The molecule has 4 aliphatic carbocycles. The van der Waals surface area contributed by atoms with E-state index in [0.717, 1.165) is 0 Å². The van der Waals surface area contributed by atoms with E-state index in [1.54, 1.807) is 0 Å². The summed E-state index contributed by atoms with van der Waals surface area (Å²) < 4.78 is 0. The minimum Gasteiger partial charge on any atom is -0.376 e. The predicted molar refractivity (Wildman–Crippen MR) is 328 cm³/mol. The first-order chi connectivity index (χ1) is 35.5. The predicted octanol–water partition coefficient (Wildman–Crippen LogP) is 18.6. The molecule has 388 valence electrons. The Bertz CT molecular complexity index is 3680. The van der Waals surface area contributed by atoms with Crippen LogP contribution in [0.3, 0.4) is 0 Å². The van der Waals surface area contributed by atoms with Crippen molar-refractivity contribution < 1.29 is 0 Å². The first-order valence-electron chi connectivity index (χ1n) is 29.2. The van der Waals surface area contributed by atoms with Crippen LogP contribution in [0.5, 0.6) is 0 Å². The van der Waals surface area contributed by atoms with Gasteiger partial charge < -0.3 is 9.71 Å². The summed E-state index contributed by atoms with van der Waals surface area (Å²) >= 11 is 0. The topological polar surface area (TPSA) is 6.48 Å². The first-order valence-corrected chi connectivity index (χ1v) is 29.2. The third kappa shape index (κ3) is 6.84. The summed E-state index contributed by atoms with van der Waals surface area (Å²) in [6.07, 6.45) is 7.06. The number of nitrogens with zero attached hydrogens (tertiary/aromatic N) is 2. The summed E-state index contributed by atoms with van der Waals surface area (Å²) in [6, 6.07) is 43.0. The fraction of sp³-hybridized carbons (Fsp3) is 0.425. The Balaban J connectivity index is 1.23. The number of aryl methyl sites for hydroxylation is 4. The van der Waals surface area contributed by atoms with E-state index in [-0.39, 0.29) is 44.8 Å². The normalized spacial score (nSPS) is 20.6. The van der Waals surface area contributed by atoms with Crippen LogP contribution in [0.4, 0.5) is 28.4 Å². The van der Waals surface area contributed by atoms with Crippen molar-refractivity contribution in [2.75, 3.05) is 9.71 Å². The summed E-state index contributed by atoms with van der Waals surface area (Å²) in [7, 11) is 0. The van der Waals surface area contributed by atoms with Gasteiger partial charge in [-0.3, -0.25) is 0 Å². The Kier molecular flexibility index (Phi) is 10.3. The molecule has 0 saturated carbocycles. The van der Waals surface area contributed by atoms with Crippen molar-refractivity contribution in [1.29, 1.82) is 0 Å². The molecule has 0 N–H and O–H groups in total. The van der Waals surface area contributed by atoms with E-state index < -0.39 is 0 Å². The lowest BCUT2D eigenvalue weighted by molar-refractivity contribution is 0.332. The van der Waals surface area contributed by atoms with Crippen molar-refractivity contribution in [3.05, 3.63) is 170 Å². The van der Waals surface area contributed by atoms with Crippen LogP contribution in [0.1, 0.15) is 202 Å². The zero-order valence-corrected chi connectivity index (χ0v) is 49.5. The van der Waals surface area contributed by atoms with E-state index in [1.165, 1.54) is 178 Å². The summed E-state index contributed by atoms with van der Waals surface area (Å²) in [5.41, 5.74) is 34.9. The number of fused-ring (bicyclic) bond motifs is 11. The fourth-order valence-corrected chi connectivity index (χ4v) is 16.3. The van der Waals surface area contributed by atoms with Crippen LogP contribution < -0.4 is 20.6 Å². The quantitative estimate of drug-likeness (QED) is 0.163. The molecule has 2 heterocycles. The van der Waals surface area contributed by atoms with Gasteiger partial charge in [-0.15, -0.1) is 0 Å². The highest BCUT2D eigenvalue weighted by atomic mass is 15.2. The van der Waals surface area contributed by atoms with Crippen molar-refractivity contribution in [2.24, 2.45) is 0 Å². The van der Waals surface area contributed by atoms with Gasteiger partial charge in [-0.2, -0.15) is 0 Å². The Morgan fingerprint density at radius 2 is 0.895 bits per heavy atom. The van der Waals surface area contributed by atoms with Crippen LogP contribution >= 0.6 is 0 Å². The molecule has 2 aliphatic heterocycles. The molecule has 76 heavy (non-hydrogen) atoms. The molecule has 0 radical (unpaired) electrons. The number of hydrogen-bond donors (Lipinski definition) is 0. The minimum atomic E-state index is -0.180. The molecule has 2 nitrogen and oxygen atoms in total. The van der Waals surface area contributed by atoms with E-state index in [0.29, 0.717) is 0 Å². The summed E-state index contributed by atoms with van der Waals surface area (Å²) in [5, 5.41) is 0. The first kappa shape index (κ1) is 49.8. The maximum Gasteiger partial charge on any atom is 0.333 e. The maximum absolute atomic E-state index is 2.86. The molecule has 7 aromatic rings. The van der Waals surface area contributed by atoms with Crippen molar-refractivity contribution in [2.45, 2.75) is 201 Å². The van der Waals surface area contributed by atoms with Crippen molar-refractivity contribution in [3.63, 3.8) is 0 Å². The number of hydrogen-bond acceptors (Lipinski definition) is 2. The Hall–Kier alpha value is -5.80. The summed E-state index contributed by atoms with van der Waals surface area (Å²) in [5.74, 6) is 0. The van der Waals surface area contributed by atoms with E-state index in [4.69, 9.17) is 0 Å². The van der Waals surface area contributed by atoms with Gasteiger partial charge in [0.15, 0.2) is 0 Å². The smallest absolute Gasteiger partial charge is 0.333 e. The molecule has 0 fully saturated rings. The second-order valence-corrected chi connectivity index (χ2v) is 29.6. The lowest BCUT2D eigenvalue weighted by Gasteiger charge is -2.50. The highest BCUT2D eigenvalue weighted by Gasteiger charge is 2.51. The van der Waals surface area contributed by atoms with Gasteiger partial charge in [0.25, 0.3) is 0 Å². The molecule has 0 bridgehead atoms. The lowest BCUT2D eigenvalue weighted by atomic mass is 9.42. The molecule has 0 aromatic heterocycles. The van der Waals surface area contributed by atoms with E-state index in [2.05, 4.69) is 237 Å². The van der Waals surface area contributed by atoms with Gasteiger partial charge in [0.1, 0.15) is 0 Å². The monoisotopic (exact) mass is 999 g/mol. The van der Waals surface area contributed by atoms with E-state index in [9.17, 15) is 0 Å². The standard InChI is InChI=1S/C73H83BN2/c1-42-33-44(3)63(45(4)34-42)46-36-50-49-39-56-58(72(15,16)32-30-70(56,11)12)41-61(49)76(47-23-24-52-55(38-47)69(9,10)28-27-67(52,5)6)74-59-26-25-53-64(48-21-19-20-22-51(48)73(53,17)18)66(59)75(62(37-46)65(50)74)60-40-57-54(35-43(60)2)68(7,8)29-31-71(57,13)14/h19-26,33-41H,27-32H2,1-18H3. The van der Waals surface area contributed by atoms with Gasteiger partial charge >= 0.3 is 6.85 Å². The molecule has 0 amide bonds. The zero-order valence-electron chi connectivity index (χ0n) is 49.5. The third-order valence-corrected chi connectivity index (χ3v) is 21.2. The molecule has 3 heteroatoms. The fourth-order valence-electron chi connectivity index (χ4n) is 16.3. The van der Waals surface area contributed by atoms with Crippen LogP contribution in [-0.2, 0) is 37.9 Å². The minimum absolute atomic E-state index is 0.0283. The molecule has 13 rings (SSSR count). The van der Waals surface area contributed by atoms with Crippen LogP contribution in [0, 0.1) is 27.7 Å². The van der Waals surface area contributed by atoms with Gasteiger partial charge in [-0.05, 0) is 236 Å². The summed E-state index contributed by atoms with van der Waals surface area (Å²) in [4.78, 5) is 5.68. The van der Waals surface area contributed by atoms with Crippen LogP contribution in [0.25, 0.3) is 33.4 Å². The average Bonchev–Trinajstić information content (AvgIpc) is 3.75. The Labute approximate surface area is 457 Å². The molecular weight excluding hydrogens is 916 g/mol. The highest BCUT2D eigenvalue weighted by molar-refractivity contribution is 6.93. The average molecular weight is 999 g/mol.